The first-order chi connectivity index (χ1) is 8.20. The highest BCUT2D eigenvalue weighted by molar-refractivity contribution is 5.28. The van der Waals surface area contributed by atoms with E-state index in [0.717, 1.165) is 23.8 Å². The Labute approximate surface area is 102 Å². The number of benzene rings is 1. The Kier molecular flexibility index (Phi) is 4.02. The van der Waals surface area contributed by atoms with E-state index in [0.29, 0.717) is 0 Å². The Hall–Kier alpha value is -1.06. The van der Waals surface area contributed by atoms with Crippen LogP contribution in [0.25, 0.3) is 0 Å². The molecule has 94 valence electrons. The smallest absolute Gasteiger partial charge is 0.118 e. The molecule has 17 heavy (non-hydrogen) atoms. The minimum atomic E-state index is -0.570. The lowest BCUT2D eigenvalue weighted by Crippen LogP contribution is -2.19. The summed E-state index contributed by atoms with van der Waals surface area (Å²) >= 11 is 0. The second kappa shape index (κ2) is 5.52. The Bertz CT molecular complexity index is 343. The van der Waals surface area contributed by atoms with Crippen LogP contribution in [0.3, 0.4) is 0 Å². The molecule has 3 heteroatoms. The van der Waals surface area contributed by atoms with Crippen molar-refractivity contribution in [1.29, 1.82) is 0 Å². The lowest BCUT2D eigenvalue weighted by Gasteiger charge is -2.20. The molecule has 0 aromatic heterocycles. The second-order valence-electron chi connectivity index (χ2n) is 4.70. The Balaban J connectivity index is 1.89. The van der Waals surface area contributed by atoms with Gasteiger partial charge in [0.1, 0.15) is 11.9 Å². The van der Waals surface area contributed by atoms with E-state index in [1.807, 2.05) is 31.2 Å². The van der Waals surface area contributed by atoms with Crippen LogP contribution in [0.5, 0.6) is 5.75 Å². The van der Waals surface area contributed by atoms with Crippen molar-refractivity contribution in [2.45, 2.75) is 32.0 Å². The number of hydrogen-bond donors (Lipinski definition) is 1. The molecular weight excluding hydrogens is 216 g/mol. The minimum absolute atomic E-state index is 0.163. The van der Waals surface area contributed by atoms with Crippen molar-refractivity contribution < 1.29 is 14.6 Å². The van der Waals surface area contributed by atoms with Crippen molar-refractivity contribution in [2.75, 3.05) is 13.7 Å². The SMILES string of the molecule is COc1ccc(C(O)C(C)OCC2CC2)cc1. The molecule has 2 unspecified atom stereocenters. The lowest BCUT2D eigenvalue weighted by molar-refractivity contribution is -0.0319. The van der Waals surface area contributed by atoms with Gasteiger partial charge in [0.15, 0.2) is 0 Å². The molecule has 1 aromatic carbocycles. The van der Waals surface area contributed by atoms with Gasteiger partial charge in [-0.1, -0.05) is 12.1 Å². The van der Waals surface area contributed by atoms with Crippen molar-refractivity contribution in [2.24, 2.45) is 5.92 Å². The highest BCUT2D eigenvalue weighted by atomic mass is 16.5. The summed E-state index contributed by atoms with van der Waals surface area (Å²) in [4.78, 5) is 0. The van der Waals surface area contributed by atoms with Crippen LogP contribution >= 0.6 is 0 Å². The Morgan fingerprint density at radius 2 is 1.94 bits per heavy atom. The molecule has 0 amide bonds. The summed E-state index contributed by atoms with van der Waals surface area (Å²) in [5.74, 6) is 1.52. The van der Waals surface area contributed by atoms with Gasteiger partial charge in [0.2, 0.25) is 0 Å². The number of methoxy groups -OCH3 is 1. The monoisotopic (exact) mass is 236 g/mol. The molecule has 0 bridgehead atoms. The summed E-state index contributed by atoms with van der Waals surface area (Å²) in [6.45, 7) is 2.69. The van der Waals surface area contributed by atoms with Gasteiger partial charge in [-0.25, -0.2) is 0 Å². The van der Waals surface area contributed by atoms with E-state index in [2.05, 4.69) is 0 Å². The van der Waals surface area contributed by atoms with E-state index in [1.165, 1.54) is 12.8 Å². The van der Waals surface area contributed by atoms with Crippen LogP contribution in [0, 0.1) is 5.92 Å². The maximum Gasteiger partial charge on any atom is 0.118 e. The van der Waals surface area contributed by atoms with Crippen molar-refractivity contribution in [1.82, 2.24) is 0 Å². The quantitative estimate of drug-likeness (QED) is 0.825. The van der Waals surface area contributed by atoms with E-state index in [9.17, 15) is 5.11 Å². The van der Waals surface area contributed by atoms with Crippen LogP contribution < -0.4 is 4.74 Å². The zero-order valence-electron chi connectivity index (χ0n) is 10.4. The Morgan fingerprint density at radius 3 is 2.47 bits per heavy atom. The summed E-state index contributed by atoms with van der Waals surface area (Å²) in [7, 11) is 1.63. The molecule has 1 fully saturated rings. The zero-order chi connectivity index (χ0) is 12.3. The van der Waals surface area contributed by atoms with Gasteiger partial charge in [0.05, 0.1) is 13.2 Å². The normalized spacial score (nSPS) is 18.8. The van der Waals surface area contributed by atoms with Gasteiger partial charge < -0.3 is 14.6 Å². The maximum absolute atomic E-state index is 10.1. The topological polar surface area (TPSA) is 38.7 Å². The van der Waals surface area contributed by atoms with Crippen LogP contribution in [0.1, 0.15) is 31.4 Å². The van der Waals surface area contributed by atoms with Crippen molar-refractivity contribution in [3.8, 4) is 5.75 Å². The van der Waals surface area contributed by atoms with Gasteiger partial charge >= 0.3 is 0 Å². The molecule has 3 nitrogen and oxygen atoms in total. The van der Waals surface area contributed by atoms with Crippen LogP contribution in [-0.4, -0.2) is 24.9 Å². The highest BCUT2D eigenvalue weighted by Gasteiger charge is 2.24. The van der Waals surface area contributed by atoms with Crippen LogP contribution in [0.2, 0.25) is 0 Å². The second-order valence-corrected chi connectivity index (χ2v) is 4.70. The number of aliphatic hydroxyl groups excluding tert-OH is 1. The van der Waals surface area contributed by atoms with Crippen molar-refractivity contribution in [3.05, 3.63) is 29.8 Å². The molecule has 2 rings (SSSR count). The number of rotatable bonds is 6. The standard InChI is InChI=1S/C14H20O3/c1-10(17-9-11-3-4-11)14(15)12-5-7-13(16-2)8-6-12/h5-8,10-11,14-15H,3-4,9H2,1-2H3. The van der Waals surface area contributed by atoms with E-state index in [-0.39, 0.29) is 6.10 Å². The molecule has 0 spiro atoms. The molecule has 1 aliphatic carbocycles. The number of hydrogen-bond acceptors (Lipinski definition) is 3. The zero-order valence-corrected chi connectivity index (χ0v) is 10.4. The fourth-order valence-electron chi connectivity index (χ4n) is 1.74. The largest absolute Gasteiger partial charge is 0.497 e. The van der Waals surface area contributed by atoms with Crippen LogP contribution in [0.15, 0.2) is 24.3 Å². The number of ether oxygens (including phenoxy) is 2. The average molecular weight is 236 g/mol. The van der Waals surface area contributed by atoms with E-state index in [1.54, 1.807) is 7.11 Å². The third-order valence-electron chi connectivity index (χ3n) is 3.19. The average Bonchev–Trinajstić information content (AvgIpc) is 3.19. The Morgan fingerprint density at radius 1 is 1.29 bits per heavy atom. The molecule has 0 radical (unpaired) electrons. The lowest BCUT2D eigenvalue weighted by atomic mass is 10.1. The molecular formula is C14H20O3. The fourth-order valence-corrected chi connectivity index (χ4v) is 1.74. The summed E-state index contributed by atoms with van der Waals surface area (Å²) < 4.78 is 10.7. The first-order valence-corrected chi connectivity index (χ1v) is 6.14. The molecule has 1 N–H and O–H groups in total. The van der Waals surface area contributed by atoms with Crippen LogP contribution in [0.4, 0.5) is 0 Å². The first kappa shape index (κ1) is 12.4. The van der Waals surface area contributed by atoms with E-state index < -0.39 is 6.10 Å². The molecule has 1 aliphatic rings. The summed E-state index contributed by atoms with van der Waals surface area (Å²) in [6.07, 6.45) is 1.81. The molecule has 0 heterocycles. The number of aliphatic hydroxyl groups is 1. The molecule has 0 saturated heterocycles. The maximum atomic E-state index is 10.1. The minimum Gasteiger partial charge on any atom is -0.497 e. The fraction of sp³-hybridized carbons (Fsp3) is 0.571. The van der Waals surface area contributed by atoms with Gasteiger partial charge in [0.25, 0.3) is 0 Å². The predicted molar refractivity (Wildman–Crippen MR) is 66.1 cm³/mol. The van der Waals surface area contributed by atoms with Gasteiger partial charge in [0, 0.05) is 6.61 Å². The molecule has 2 atom stereocenters. The highest BCUT2D eigenvalue weighted by Crippen LogP contribution is 2.30. The van der Waals surface area contributed by atoms with Gasteiger partial charge in [-0.15, -0.1) is 0 Å². The third kappa shape index (κ3) is 3.45. The molecule has 1 saturated carbocycles. The van der Waals surface area contributed by atoms with Gasteiger partial charge in [-0.2, -0.15) is 0 Å². The van der Waals surface area contributed by atoms with E-state index >= 15 is 0 Å². The summed E-state index contributed by atoms with van der Waals surface area (Å²) in [6, 6.07) is 7.46. The van der Waals surface area contributed by atoms with Crippen LogP contribution in [-0.2, 0) is 4.74 Å². The van der Waals surface area contributed by atoms with Gasteiger partial charge in [-0.05, 0) is 43.4 Å². The third-order valence-corrected chi connectivity index (χ3v) is 3.19. The van der Waals surface area contributed by atoms with E-state index in [4.69, 9.17) is 9.47 Å². The summed E-state index contributed by atoms with van der Waals surface area (Å²) in [5.41, 5.74) is 0.870. The first-order valence-electron chi connectivity index (χ1n) is 6.14. The predicted octanol–water partition coefficient (Wildman–Crippen LogP) is 2.54. The van der Waals surface area contributed by atoms with Gasteiger partial charge in [-0.3, -0.25) is 0 Å². The molecule has 0 aliphatic heterocycles. The summed E-state index contributed by atoms with van der Waals surface area (Å²) in [5, 5.41) is 10.1. The van der Waals surface area contributed by atoms with Crippen molar-refractivity contribution in [3.63, 3.8) is 0 Å². The molecule has 1 aromatic rings. The van der Waals surface area contributed by atoms with Crippen molar-refractivity contribution >= 4 is 0 Å².